The third kappa shape index (κ3) is 2.94. The van der Waals surface area contributed by atoms with Crippen LogP contribution in [0.1, 0.15) is 24.7 Å². The number of rotatable bonds is 5. The number of hydrogen-bond donors (Lipinski definition) is 1. The number of halogens is 1. The van der Waals surface area contributed by atoms with E-state index in [9.17, 15) is 4.79 Å². The Morgan fingerprint density at radius 3 is 2.95 bits per heavy atom. The number of tetrazole rings is 1. The Balaban J connectivity index is 1.98. The van der Waals surface area contributed by atoms with Gasteiger partial charge in [0.15, 0.2) is 6.61 Å². The summed E-state index contributed by atoms with van der Waals surface area (Å²) >= 11 is 6.25. The lowest BCUT2D eigenvalue weighted by Gasteiger charge is -2.09. The summed E-state index contributed by atoms with van der Waals surface area (Å²) in [6.07, 6.45) is 1.70. The Bertz CT molecular complexity index is 845. The molecular weight excluding hydrogens is 308 g/mol. The van der Waals surface area contributed by atoms with Crippen LogP contribution in [0.5, 0.6) is 5.75 Å². The minimum absolute atomic E-state index is 0.112. The number of hydrogen-bond acceptors (Lipinski definition) is 6. The van der Waals surface area contributed by atoms with E-state index in [2.05, 4.69) is 20.6 Å². The highest BCUT2D eigenvalue weighted by molar-refractivity contribution is 6.32. The molecule has 0 bridgehead atoms. The minimum atomic E-state index is -0.387. The van der Waals surface area contributed by atoms with Gasteiger partial charge in [0.2, 0.25) is 5.82 Å². The molecule has 0 unspecified atom stereocenters. The second-order valence-electron chi connectivity index (χ2n) is 4.74. The summed E-state index contributed by atoms with van der Waals surface area (Å²) in [5.41, 5.74) is 0.978. The van der Waals surface area contributed by atoms with Crippen molar-refractivity contribution in [2.45, 2.75) is 26.4 Å². The number of aromatic nitrogens is 4. The summed E-state index contributed by atoms with van der Waals surface area (Å²) in [6, 6.07) is 4.86. The van der Waals surface area contributed by atoms with Crippen molar-refractivity contribution in [3.8, 4) is 5.75 Å². The van der Waals surface area contributed by atoms with Gasteiger partial charge in [0.1, 0.15) is 11.3 Å². The van der Waals surface area contributed by atoms with Gasteiger partial charge in [-0.15, -0.1) is 10.2 Å². The van der Waals surface area contributed by atoms with E-state index in [4.69, 9.17) is 20.8 Å². The van der Waals surface area contributed by atoms with Crippen molar-refractivity contribution in [2.75, 3.05) is 0 Å². The van der Waals surface area contributed by atoms with Crippen molar-refractivity contribution in [2.24, 2.45) is 0 Å². The van der Waals surface area contributed by atoms with Crippen molar-refractivity contribution < 1.29 is 9.15 Å². The molecule has 2 aromatic heterocycles. The van der Waals surface area contributed by atoms with E-state index >= 15 is 0 Å². The molecule has 1 aromatic carbocycles. The summed E-state index contributed by atoms with van der Waals surface area (Å²) in [7, 11) is 0. The number of aryl methyl sites for hydroxylation is 1. The number of fused-ring (bicyclic) bond motifs is 1. The highest BCUT2D eigenvalue weighted by atomic mass is 35.5. The molecule has 0 aliphatic heterocycles. The Morgan fingerprint density at radius 1 is 1.36 bits per heavy atom. The van der Waals surface area contributed by atoms with Crippen LogP contribution in [0.3, 0.4) is 0 Å². The van der Waals surface area contributed by atoms with Gasteiger partial charge in [0, 0.05) is 17.5 Å². The summed E-state index contributed by atoms with van der Waals surface area (Å²) < 4.78 is 10.8. The molecule has 0 amide bonds. The molecule has 0 aliphatic rings. The van der Waals surface area contributed by atoms with Gasteiger partial charge in [-0.25, -0.2) is 4.79 Å². The topological polar surface area (TPSA) is 93.9 Å². The molecule has 0 atom stereocenters. The maximum Gasteiger partial charge on any atom is 0.336 e. The predicted octanol–water partition coefficient (Wildman–Crippen LogP) is 2.49. The molecule has 0 spiro atoms. The SMILES string of the molecule is CCCc1cc(=O)oc2cc(OCc3nn[nH]n3)c(Cl)cc12. The number of nitrogens with one attached hydrogen (secondary N) is 1. The standard InChI is InChI=1S/C14H13ClN4O3/c1-2-3-8-4-14(20)22-11-6-12(10(15)5-9(8)11)21-7-13-16-18-19-17-13/h4-6H,2-3,7H2,1H3,(H,16,17,18,19). The first kappa shape index (κ1) is 14.5. The van der Waals surface area contributed by atoms with Crippen LogP contribution in [0.4, 0.5) is 0 Å². The lowest BCUT2D eigenvalue weighted by molar-refractivity contribution is 0.296. The molecule has 8 heteroatoms. The molecule has 3 rings (SSSR count). The minimum Gasteiger partial charge on any atom is -0.484 e. The van der Waals surface area contributed by atoms with E-state index < -0.39 is 0 Å². The molecule has 0 saturated heterocycles. The molecule has 22 heavy (non-hydrogen) atoms. The summed E-state index contributed by atoms with van der Waals surface area (Å²) in [6.45, 7) is 2.16. The van der Waals surface area contributed by atoms with Crippen LogP contribution in [0.15, 0.2) is 27.4 Å². The molecule has 2 heterocycles. The molecule has 0 radical (unpaired) electrons. The van der Waals surface area contributed by atoms with Crippen LogP contribution < -0.4 is 10.4 Å². The Labute approximate surface area is 130 Å². The number of aromatic amines is 1. The molecule has 0 aliphatic carbocycles. The van der Waals surface area contributed by atoms with Gasteiger partial charge >= 0.3 is 5.63 Å². The normalized spacial score (nSPS) is 11.0. The first-order valence-corrected chi connectivity index (χ1v) is 7.16. The molecule has 0 fully saturated rings. The van der Waals surface area contributed by atoms with Crippen molar-refractivity contribution in [3.63, 3.8) is 0 Å². The van der Waals surface area contributed by atoms with Crippen LogP contribution in [-0.2, 0) is 13.0 Å². The molecule has 7 nitrogen and oxygen atoms in total. The van der Waals surface area contributed by atoms with Crippen molar-refractivity contribution in [1.82, 2.24) is 20.6 Å². The summed E-state index contributed by atoms with van der Waals surface area (Å²) in [5, 5.41) is 14.6. The molecular formula is C14H13ClN4O3. The van der Waals surface area contributed by atoms with Crippen LogP contribution >= 0.6 is 11.6 Å². The van der Waals surface area contributed by atoms with Crippen LogP contribution in [0.25, 0.3) is 11.0 Å². The highest BCUT2D eigenvalue weighted by Gasteiger charge is 2.11. The predicted molar refractivity (Wildman–Crippen MR) is 80.0 cm³/mol. The average Bonchev–Trinajstić information content (AvgIpc) is 2.99. The van der Waals surface area contributed by atoms with Crippen LogP contribution in [0.2, 0.25) is 5.02 Å². The van der Waals surface area contributed by atoms with E-state index in [-0.39, 0.29) is 12.2 Å². The van der Waals surface area contributed by atoms with E-state index in [0.717, 1.165) is 23.8 Å². The maximum atomic E-state index is 11.6. The fraction of sp³-hybridized carbons (Fsp3) is 0.286. The van der Waals surface area contributed by atoms with Gasteiger partial charge in [-0.2, -0.15) is 5.21 Å². The second-order valence-corrected chi connectivity index (χ2v) is 5.14. The average molecular weight is 321 g/mol. The quantitative estimate of drug-likeness (QED) is 0.726. The second kappa shape index (κ2) is 6.15. The number of benzene rings is 1. The first-order valence-electron chi connectivity index (χ1n) is 6.78. The zero-order valence-corrected chi connectivity index (χ0v) is 12.6. The van der Waals surface area contributed by atoms with Gasteiger partial charge in [-0.05, 0) is 18.1 Å². The zero-order chi connectivity index (χ0) is 15.5. The van der Waals surface area contributed by atoms with Crippen molar-refractivity contribution in [1.29, 1.82) is 0 Å². The van der Waals surface area contributed by atoms with Gasteiger partial charge in [0.25, 0.3) is 0 Å². The lowest BCUT2D eigenvalue weighted by atomic mass is 10.1. The smallest absolute Gasteiger partial charge is 0.336 e. The first-order chi connectivity index (χ1) is 10.7. The maximum absolute atomic E-state index is 11.6. The van der Waals surface area contributed by atoms with E-state index in [1.165, 1.54) is 6.07 Å². The monoisotopic (exact) mass is 320 g/mol. The molecule has 3 aromatic rings. The summed E-state index contributed by atoms with van der Waals surface area (Å²) in [5.74, 6) is 0.799. The Morgan fingerprint density at radius 2 is 2.23 bits per heavy atom. The van der Waals surface area contributed by atoms with Crippen LogP contribution in [0, 0.1) is 0 Å². The highest BCUT2D eigenvalue weighted by Crippen LogP contribution is 2.31. The molecule has 114 valence electrons. The van der Waals surface area contributed by atoms with E-state index in [0.29, 0.717) is 22.2 Å². The number of nitrogens with zero attached hydrogens (tertiary/aromatic N) is 3. The van der Waals surface area contributed by atoms with Gasteiger partial charge < -0.3 is 9.15 Å². The van der Waals surface area contributed by atoms with E-state index in [1.807, 2.05) is 6.92 Å². The van der Waals surface area contributed by atoms with Gasteiger partial charge in [0.05, 0.1) is 5.02 Å². The van der Waals surface area contributed by atoms with E-state index in [1.54, 1.807) is 12.1 Å². The number of ether oxygens (including phenoxy) is 1. The number of H-pyrrole nitrogens is 1. The molecule has 1 N–H and O–H groups in total. The fourth-order valence-electron chi connectivity index (χ4n) is 2.20. The van der Waals surface area contributed by atoms with Gasteiger partial charge in [-0.1, -0.05) is 30.2 Å². The third-order valence-electron chi connectivity index (χ3n) is 3.15. The van der Waals surface area contributed by atoms with Crippen molar-refractivity contribution in [3.05, 3.63) is 45.0 Å². The third-order valence-corrected chi connectivity index (χ3v) is 3.44. The molecule has 0 saturated carbocycles. The summed E-state index contributed by atoms with van der Waals surface area (Å²) in [4.78, 5) is 11.6. The lowest BCUT2D eigenvalue weighted by Crippen LogP contribution is -2.02. The fourth-order valence-corrected chi connectivity index (χ4v) is 2.42. The van der Waals surface area contributed by atoms with Gasteiger partial charge in [-0.3, -0.25) is 0 Å². The van der Waals surface area contributed by atoms with Crippen molar-refractivity contribution >= 4 is 22.6 Å². The Kier molecular flexibility index (Phi) is 4.06. The Hall–Kier alpha value is -2.41. The van der Waals surface area contributed by atoms with Crippen LogP contribution in [-0.4, -0.2) is 20.6 Å². The largest absolute Gasteiger partial charge is 0.484 e. The zero-order valence-electron chi connectivity index (χ0n) is 11.8.